The zero-order chi connectivity index (χ0) is 51.7. The topological polar surface area (TPSA) is 6.48 Å². The Hall–Kier alpha value is -8.98. The van der Waals surface area contributed by atoms with E-state index in [1.807, 2.05) is 0 Å². The van der Waals surface area contributed by atoms with Crippen LogP contribution < -0.4 is 9.80 Å². The zero-order valence-corrected chi connectivity index (χ0v) is 44.3. The third kappa shape index (κ3) is 5.60. The molecule has 12 aromatic rings. The number of hydrogen-bond donors (Lipinski definition) is 0. The minimum atomic E-state index is -0.581. The van der Waals surface area contributed by atoms with Crippen LogP contribution in [0.1, 0.15) is 72.2 Å². The fourth-order valence-electron chi connectivity index (χ4n) is 15.5. The number of anilines is 4. The molecule has 1 spiro atoms. The van der Waals surface area contributed by atoms with Crippen LogP contribution in [0, 0.1) is 0 Å². The highest BCUT2D eigenvalue weighted by atomic mass is 15.1. The number of fused-ring (bicyclic) bond motifs is 18. The van der Waals surface area contributed by atoms with Crippen LogP contribution in [0.15, 0.2) is 231 Å². The van der Waals surface area contributed by atoms with Gasteiger partial charge in [0, 0.05) is 47.4 Å². The molecular weight excluding hydrogens is 929 g/mol. The van der Waals surface area contributed by atoms with Gasteiger partial charge in [0.2, 0.25) is 0 Å². The second kappa shape index (κ2) is 15.6. The predicted octanol–water partition coefficient (Wildman–Crippen LogP) is 19.3. The lowest BCUT2D eigenvalue weighted by Crippen LogP contribution is -2.31. The van der Waals surface area contributed by atoms with E-state index in [1.165, 1.54) is 155 Å². The molecule has 2 heterocycles. The Bertz CT molecular complexity index is 4350. The first-order chi connectivity index (χ1) is 37.6. The monoisotopic (exact) mass is 984 g/mol. The summed E-state index contributed by atoms with van der Waals surface area (Å²) in [6.07, 6.45) is 0. The van der Waals surface area contributed by atoms with Crippen molar-refractivity contribution in [2.24, 2.45) is 0 Å². The Kier molecular flexibility index (Phi) is 8.96. The minimum absolute atomic E-state index is 0.211. The van der Waals surface area contributed by atoms with Gasteiger partial charge in [-0.15, -0.1) is 0 Å². The molecule has 0 saturated heterocycles. The average molecular weight is 985 g/mol. The van der Waals surface area contributed by atoms with E-state index in [9.17, 15) is 0 Å². The van der Waals surface area contributed by atoms with Crippen molar-refractivity contribution in [1.29, 1.82) is 0 Å². The molecule has 0 amide bonds. The van der Waals surface area contributed by atoms with E-state index in [0.717, 1.165) is 0 Å². The Morgan fingerprint density at radius 1 is 0.273 bits per heavy atom. The van der Waals surface area contributed by atoms with Crippen molar-refractivity contribution < 1.29 is 0 Å². The molecular formula is C75H56N2. The highest BCUT2D eigenvalue weighted by Crippen LogP contribution is 2.67. The van der Waals surface area contributed by atoms with E-state index in [0.29, 0.717) is 0 Å². The van der Waals surface area contributed by atoms with E-state index in [4.69, 9.17) is 0 Å². The highest BCUT2D eigenvalue weighted by molar-refractivity contribution is 6.23. The second-order valence-corrected chi connectivity index (χ2v) is 23.1. The average Bonchev–Trinajstić information content (AvgIpc) is 3.97. The van der Waals surface area contributed by atoms with Gasteiger partial charge < -0.3 is 9.80 Å². The predicted molar refractivity (Wildman–Crippen MR) is 325 cm³/mol. The first-order valence-electron chi connectivity index (χ1n) is 27.4. The molecule has 0 atom stereocenters. The van der Waals surface area contributed by atoms with Crippen LogP contribution in [0.2, 0.25) is 0 Å². The molecule has 12 aromatic carbocycles. The summed E-state index contributed by atoms with van der Waals surface area (Å²) in [5.41, 5.74) is 27.5. The third-order valence-electron chi connectivity index (χ3n) is 18.8. The highest BCUT2D eigenvalue weighted by Gasteiger charge is 2.53. The van der Waals surface area contributed by atoms with E-state index in [2.05, 4.69) is 282 Å². The molecule has 0 radical (unpaired) electrons. The summed E-state index contributed by atoms with van der Waals surface area (Å²) in [4.78, 5) is 4.91. The van der Waals surface area contributed by atoms with Gasteiger partial charge in [0.25, 0.3) is 0 Å². The maximum atomic E-state index is 2.56. The lowest BCUT2D eigenvalue weighted by molar-refractivity contribution is 0.630. The largest absolute Gasteiger partial charge is 0.344 e. The SMILES string of the molecule is CN1c2ccccc2C(C)(C)c2cccc(-c3cccc4c(-c5cc6ccccc6c6c5C5(c7ccccc7-c7ccccc75)c5ccccc5-6)c5cccc(-c6cccc7c6N(C)c6ccccc6C7(C)C)c5cc34)c21. The van der Waals surface area contributed by atoms with Crippen LogP contribution in [0.5, 0.6) is 0 Å². The van der Waals surface area contributed by atoms with Gasteiger partial charge in [-0.3, -0.25) is 0 Å². The van der Waals surface area contributed by atoms with Gasteiger partial charge in [-0.2, -0.15) is 0 Å². The van der Waals surface area contributed by atoms with Crippen LogP contribution in [0.4, 0.5) is 22.7 Å². The molecule has 16 rings (SSSR count). The molecule has 366 valence electrons. The number of hydrogen-bond acceptors (Lipinski definition) is 2. The van der Waals surface area contributed by atoms with Gasteiger partial charge in [-0.25, -0.2) is 0 Å². The first kappa shape index (κ1) is 44.3. The van der Waals surface area contributed by atoms with Crippen LogP contribution in [0.3, 0.4) is 0 Å². The van der Waals surface area contributed by atoms with Crippen LogP contribution in [-0.4, -0.2) is 14.1 Å². The van der Waals surface area contributed by atoms with Crippen molar-refractivity contribution in [3.8, 4) is 55.6 Å². The number of rotatable bonds is 3. The third-order valence-corrected chi connectivity index (χ3v) is 18.8. The quantitative estimate of drug-likeness (QED) is 0.163. The van der Waals surface area contributed by atoms with Gasteiger partial charge >= 0.3 is 0 Å². The molecule has 2 aliphatic heterocycles. The summed E-state index contributed by atoms with van der Waals surface area (Å²) < 4.78 is 0. The standard InChI is InChI=1S/C75H56N2/c1-73(2)62-37-15-17-41-66(62)76(5)71-53(32-21-39-64(71)73)47-28-19-30-51-56(47)44-57-48(54-33-22-40-65-72(54)77(6)67-42-18-16-38-63(67)74(65,3)4)29-20-31-52(57)68(51)58-43-45-23-7-8-24-46(45)69-55-27-11-14-36-61(55)75(70(58)69)59-34-12-9-25-49(59)50-26-10-13-35-60(50)75/h7-44H,1-6H3. The van der Waals surface area contributed by atoms with E-state index >= 15 is 0 Å². The van der Waals surface area contributed by atoms with Gasteiger partial charge in [0.05, 0.1) is 16.8 Å². The molecule has 0 unspecified atom stereocenters. The minimum Gasteiger partial charge on any atom is -0.344 e. The molecule has 0 aromatic heterocycles. The Labute approximate surface area is 451 Å². The molecule has 0 N–H and O–H groups in total. The van der Waals surface area contributed by atoms with Crippen molar-refractivity contribution >= 4 is 55.1 Å². The van der Waals surface area contributed by atoms with Crippen LogP contribution in [-0.2, 0) is 16.2 Å². The van der Waals surface area contributed by atoms with E-state index < -0.39 is 5.41 Å². The lowest BCUT2D eigenvalue weighted by Gasteiger charge is -2.41. The summed E-state index contributed by atoms with van der Waals surface area (Å²) in [6, 6.07) is 88.4. The molecule has 0 fully saturated rings. The summed E-state index contributed by atoms with van der Waals surface area (Å²) in [7, 11) is 4.53. The van der Waals surface area contributed by atoms with Crippen molar-refractivity contribution in [3.05, 3.63) is 275 Å². The molecule has 0 saturated carbocycles. The van der Waals surface area contributed by atoms with Crippen LogP contribution >= 0.6 is 0 Å². The van der Waals surface area contributed by atoms with Gasteiger partial charge in [0.1, 0.15) is 0 Å². The molecule has 2 nitrogen and oxygen atoms in total. The van der Waals surface area contributed by atoms with Crippen LogP contribution in [0.25, 0.3) is 88.0 Å². The molecule has 2 aliphatic carbocycles. The lowest BCUT2D eigenvalue weighted by atomic mass is 9.68. The number of benzene rings is 12. The summed E-state index contributed by atoms with van der Waals surface area (Å²) in [5, 5.41) is 7.49. The maximum Gasteiger partial charge on any atom is 0.0731 e. The fraction of sp³-hybridized carbons (Fsp3) is 0.120. The van der Waals surface area contributed by atoms with Crippen molar-refractivity contribution in [1.82, 2.24) is 0 Å². The normalized spacial score (nSPS) is 15.4. The Morgan fingerprint density at radius 3 is 1.18 bits per heavy atom. The van der Waals surface area contributed by atoms with Gasteiger partial charge in [0.15, 0.2) is 0 Å². The number of nitrogens with zero attached hydrogens (tertiary/aromatic N) is 2. The van der Waals surface area contributed by atoms with E-state index in [1.54, 1.807) is 0 Å². The first-order valence-corrected chi connectivity index (χ1v) is 27.4. The number of para-hydroxylation sites is 4. The fourth-order valence-corrected chi connectivity index (χ4v) is 15.5. The van der Waals surface area contributed by atoms with Crippen molar-refractivity contribution in [2.75, 3.05) is 23.9 Å². The van der Waals surface area contributed by atoms with Crippen molar-refractivity contribution in [3.63, 3.8) is 0 Å². The molecule has 2 heteroatoms. The van der Waals surface area contributed by atoms with Crippen molar-refractivity contribution in [2.45, 2.75) is 43.9 Å². The second-order valence-electron chi connectivity index (χ2n) is 23.1. The summed E-state index contributed by atoms with van der Waals surface area (Å²) in [5.74, 6) is 0. The Morgan fingerprint density at radius 2 is 0.649 bits per heavy atom. The maximum absolute atomic E-state index is 2.56. The van der Waals surface area contributed by atoms with Gasteiger partial charge in [-0.1, -0.05) is 234 Å². The summed E-state index contributed by atoms with van der Waals surface area (Å²) >= 11 is 0. The van der Waals surface area contributed by atoms with E-state index in [-0.39, 0.29) is 10.8 Å². The summed E-state index contributed by atoms with van der Waals surface area (Å²) in [6.45, 7) is 9.58. The molecule has 0 bridgehead atoms. The zero-order valence-electron chi connectivity index (χ0n) is 44.3. The smallest absolute Gasteiger partial charge is 0.0731 e. The van der Waals surface area contributed by atoms with Gasteiger partial charge in [-0.05, 0) is 146 Å². The molecule has 4 aliphatic rings. The molecule has 77 heavy (non-hydrogen) atoms. The Balaban J connectivity index is 1.08.